The Kier molecular flexibility index (Phi) is 6.87. The number of nitro benzene ring substituents is 1. The van der Waals surface area contributed by atoms with E-state index in [2.05, 4.69) is 26.3 Å². The van der Waals surface area contributed by atoms with Gasteiger partial charge in [0, 0.05) is 12.1 Å². The van der Waals surface area contributed by atoms with Gasteiger partial charge in [-0.1, -0.05) is 12.1 Å². The number of nitrogens with one attached hydrogen (secondary N) is 1. The van der Waals surface area contributed by atoms with Gasteiger partial charge in [-0.05, 0) is 53.9 Å². The fourth-order valence-corrected chi connectivity index (χ4v) is 3.40. The fourth-order valence-electron chi connectivity index (χ4n) is 2.94. The van der Waals surface area contributed by atoms with E-state index in [-0.39, 0.29) is 28.1 Å². The third-order valence-corrected chi connectivity index (χ3v) is 5.60. The molecule has 0 radical (unpaired) electrons. The maximum Gasteiger partial charge on any atom is 0.283 e. The van der Waals surface area contributed by atoms with Crippen LogP contribution in [-0.4, -0.2) is 20.6 Å². The lowest BCUT2D eigenvalue weighted by atomic mass is 10.1. The van der Waals surface area contributed by atoms with E-state index in [4.69, 9.17) is 4.74 Å². The molecule has 0 aliphatic carbocycles. The molecule has 8 nitrogen and oxygen atoms in total. The zero-order valence-corrected chi connectivity index (χ0v) is 18.9. The topological polar surface area (TPSA) is 99.3 Å². The van der Waals surface area contributed by atoms with Crippen LogP contribution in [0, 0.1) is 30.9 Å². The summed E-state index contributed by atoms with van der Waals surface area (Å²) < 4.78 is 33.1. The van der Waals surface area contributed by atoms with E-state index in [0.29, 0.717) is 11.4 Å². The molecule has 2 aromatic carbocycles. The normalized spacial score (nSPS) is 11.0. The lowest BCUT2D eigenvalue weighted by molar-refractivity contribution is -0.384. The number of nitro groups is 1. The van der Waals surface area contributed by atoms with Crippen molar-refractivity contribution in [3.63, 3.8) is 0 Å². The number of non-ortho nitro benzene ring substituents is 1. The molecule has 0 spiro atoms. The van der Waals surface area contributed by atoms with Gasteiger partial charge in [-0.2, -0.15) is 5.10 Å². The Labute approximate surface area is 190 Å². The molecule has 1 aromatic heterocycles. The average molecular weight is 509 g/mol. The summed E-state index contributed by atoms with van der Waals surface area (Å²) in [5.74, 6) is 0.0996. The van der Waals surface area contributed by atoms with Crippen LogP contribution in [0.15, 0.2) is 40.9 Å². The number of aryl methyl sites for hydroxylation is 2. The summed E-state index contributed by atoms with van der Waals surface area (Å²) in [4.78, 5) is 23.2. The molecule has 0 atom stereocenters. The maximum atomic E-state index is 13.0. The summed E-state index contributed by atoms with van der Waals surface area (Å²) in [6.45, 7) is 4.92. The van der Waals surface area contributed by atoms with Crippen molar-refractivity contribution in [3.8, 4) is 11.5 Å². The Bertz CT molecular complexity index is 1200. The number of anilines is 1. The molecule has 0 bridgehead atoms. The van der Waals surface area contributed by atoms with Gasteiger partial charge < -0.3 is 10.1 Å². The Morgan fingerprint density at radius 2 is 1.97 bits per heavy atom. The summed E-state index contributed by atoms with van der Waals surface area (Å²) in [5.41, 5.74) is 1.53. The Balaban J connectivity index is 1.84. The molecule has 3 aromatic rings. The van der Waals surface area contributed by atoms with Gasteiger partial charge in [-0.25, -0.2) is 8.78 Å². The summed E-state index contributed by atoms with van der Waals surface area (Å²) in [6, 6.07) is 9.46. The summed E-state index contributed by atoms with van der Waals surface area (Å²) in [6.07, 6.45) is -2.80. The molecule has 0 aliphatic heterocycles. The number of ether oxygens (including phenoxy) is 1. The van der Waals surface area contributed by atoms with Crippen molar-refractivity contribution >= 4 is 33.2 Å². The number of hydrogen-bond acceptors (Lipinski definition) is 5. The highest BCUT2D eigenvalue weighted by Gasteiger charge is 2.21. The molecule has 1 amide bonds. The van der Waals surface area contributed by atoms with Crippen molar-refractivity contribution in [3.05, 3.63) is 73.5 Å². The summed E-state index contributed by atoms with van der Waals surface area (Å²) >= 11 is 3.05. The average Bonchev–Trinajstić information content (AvgIpc) is 2.99. The maximum absolute atomic E-state index is 13.0. The lowest BCUT2D eigenvalue weighted by Gasteiger charge is -2.12. The molecule has 168 valence electrons. The first-order valence-corrected chi connectivity index (χ1v) is 10.2. The Morgan fingerprint density at radius 3 is 2.59 bits per heavy atom. The van der Waals surface area contributed by atoms with Crippen molar-refractivity contribution in [1.29, 1.82) is 0 Å². The summed E-state index contributed by atoms with van der Waals surface area (Å²) in [7, 11) is 0. The van der Waals surface area contributed by atoms with Gasteiger partial charge in [0.2, 0.25) is 5.91 Å². The predicted octanol–water partition coefficient (Wildman–Crippen LogP) is 5.85. The van der Waals surface area contributed by atoms with Crippen LogP contribution in [0.1, 0.15) is 28.9 Å². The lowest BCUT2D eigenvalue weighted by Crippen LogP contribution is -2.20. The molecule has 0 aliphatic rings. The predicted molar refractivity (Wildman–Crippen MR) is 117 cm³/mol. The third kappa shape index (κ3) is 5.28. The highest BCUT2D eigenvalue weighted by Crippen LogP contribution is 2.32. The number of rotatable bonds is 7. The van der Waals surface area contributed by atoms with E-state index >= 15 is 0 Å². The van der Waals surface area contributed by atoms with Gasteiger partial charge in [0.25, 0.3) is 12.1 Å². The van der Waals surface area contributed by atoms with Gasteiger partial charge in [0.05, 0.1) is 26.8 Å². The van der Waals surface area contributed by atoms with Crippen LogP contribution in [0.4, 0.5) is 20.2 Å². The first kappa shape index (κ1) is 23.3. The van der Waals surface area contributed by atoms with Crippen LogP contribution in [0.25, 0.3) is 0 Å². The van der Waals surface area contributed by atoms with Crippen LogP contribution >= 0.6 is 15.9 Å². The minimum Gasteiger partial charge on any atom is -0.457 e. The van der Waals surface area contributed by atoms with E-state index < -0.39 is 22.9 Å². The number of nitrogens with zero attached hydrogens (tertiary/aromatic N) is 3. The molecule has 0 saturated carbocycles. The van der Waals surface area contributed by atoms with E-state index in [1.807, 2.05) is 26.0 Å². The van der Waals surface area contributed by atoms with Crippen LogP contribution in [-0.2, 0) is 11.3 Å². The minimum absolute atomic E-state index is 0.125. The molecular formula is C21H19BrF2N4O4. The largest absolute Gasteiger partial charge is 0.457 e. The van der Waals surface area contributed by atoms with Crippen LogP contribution in [0.2, 0.25) is 0 Å². The van der Waals surface area contributed by atoms with Crippen molar-refractivity contribution < 1.29 is 23.2 Å². The number of benzene rings is 2. The van der Waals surface area contributed by atoms with Crippen molar-refractivity contribution in [2.24, 2.45) is 0 Å². The molecular weight excluding hydrogens is 490 g/mol. The summed E-state index contributed by atoms with van der Waals surface area (Å²) in [5, 5.41) is 17.6. The van der Waals surface area contributed by atoms with E-state index in [1.165, 1.54) is 18.2 Å². The van der Waals surface area contributed by atoms with Gasteiger partial charge in [0.1, 0.15) is 23.7 Å². The number of carbonyl (C=O) groups is 1. The van der Waals surface area contributed by atoms with Crippen LogP contribution < -0.4 is 10.1 Å². The second-order valence-electron chi connectivity index (χ2n) is 7.13. The van der Waals surface area contributed by atoms with Crippen LogP contribution in [0.3, 0.4) is 0 Å². The van der Waals surface area contributed by atoms with Gasteiger partial charge in [0.15, 0.2) is 0 Å². The molecule has 1 N–H and O–H groups in total. The molecule has 0 unspecified atom stereocenters. The first-order chi connectivity index (χ1) is 15.0. The van der Waals surface area contributed by atoms with Crippen molar-refractivity contribution in [1.82, 2.24) is 9.78 Å². The zero-order valence-electron chi connectivity index (χ0n) is 17.4. The van der Waals surface area contributed by atoms with Gasteiger partial charge >= 0.3 is 0 Å². The molecule has 1 heterocycles. The van der Waals surface area contributed by atoms with Crippen molar-refractivity contribution in [2.45, 2.75) is 33.7 Å². The second kappa shape index (κ2) is 9.43. The quantitative estimate of drug-likeness (QED) is 0.318. The number of halogens is 3. The number of carbonyl (C=O) groups excluding carboxylic acids is 1. The highest BCUT2D eigenvalue weighted by molar-refractivity contribution is 9.10. The molecule has 0 saturated heterocycles. The fraction of sp³-hybridized carbons (Fsp3) is 0.238. The van der Waals surface area contributed by atoms with Gasteiger partial charge in [-0.15, -0.1) is 0 Å². The number of alkyl halides is 2. The first-order valence-electron chi connectivity index (χ1n) is 9.40. The van der Waals surface area contributed by atoms with Crippen molar-refractivity contribution in [2.75, 3.05) is 5.32 Å². The van der Waals surface area contributed by atoms with E-state index in [1.54, 1.807) is 13.0 Å². The number of amides is 1. The second-order valence-corrected chi connectivity index (χ2v) is 7.93. The Morgan fingerprint density at radius 1 is 1.25 bits per heavy atom. The number of aromatic nitrogens is 2. The molecule has 0 fully saturated rings. The van der Waals surface area contributed by atoms with E-state index in [9.17, 15) is 23.7 Å². The van der Waals surface area contributed by atoms with Crippen LogP contribution in [0.5, 0.6) is 11.5 Å². The molecule has 32 heavy (non-hydrogen) atoms. The van der Waals surface area contributed by atoms with Gasteiger partial charge in [-0.3, -0.25) is 19.6 Å². The zero-order chi connectivity index (χ0) is 23.6. The third-order valence-electron chi connectivity index (χ3n) is 4.62. The Hall–Kier alpha value is -3.34. The highest BCUT2D eigenvalue weighted by atomic mass is 79.9. The molecule has 3 rings (SSSR count). The smallest absolute Gasteiger partial charge is 0.283 e. The number of hydrogen-bond donors (Lipinski definition) is 1. The molecule has 11 heteroatoms. The standard InChI is InChI=1S/C21H19BrF2N4O4/c1-11-4-5-12(2)17(6-11)32-16-8-14(7-15(9-16)28(30)31)25-18(29)10-27-13(3)19(22)20(26-27)21(23)24/h4-9,21H,10H2,1-3H3,(H,25,29). The SMILES string of the molecule is Cc1ccc(C)c(Oc2cc(NC(=O)Cn3nc(C(F)F)c(Br)c3C)cc([N+](=O)[O-])c2)c1. The monoisotopic (exact) mass is 508 g/mol. The minimum atomic E-state index is -2.80. The van der Waals surface area contributed by atoms with E-state index in [0.717, 1.165) is 15.8 Å².